The zero-order chi connectivity index (χ0) is 13.5. The van der Waals surface area contributed by atoms with Crippen LogP contribution in [0.25, 0.3) is 0 Å². The van der Waals surface area contributed by atoms with Gasteiger partial charge in [-0.2, -0.15) is 0 Å². The smallest absolute Gasteiger partial charge is 0.311 e. The molecule has 0 radical (unpaired) electrons. The highest BCUT2D eigenvalue weighted by molar-refractivity contribution is 5.55. The number of anilines is 1. The van der Waals surface area contributed by atoms with Crippen LogP contribution >= 0.6 is 0 Å². The molecule has 0 atom stereocenters. The molecule has 100 valence electrons. The number of nitrogens with zero attached hydrogens (tertiary/aromatic N) is 2. The van der Waals surface area contributed by atoms with E-state index >= 15 is 0 Å². The molecule has 1 aromatic heterocycles. The van der Waals surface area contributed by atoms with E-state index in [1.807, 2.05) is 0 Å². The van der Waals surface area contributed by atoms with Crippen LogP contribution in [0.15, 0.2) is 12.1 Å². The fourth-order valence-electron chi connectivity index (χ4n) is 1.39. The Labute approximate surface area is 107 Å². The van der Waals surface area contributed by atoms with Crippen LogP contribution in [-0.2, 0) is 4.74 Å². The highest BCUT2D eigenvalue weighted by atomic mass is 16.6. The number of ether oxygens (including phenoxy) is 1. The van der Waals surface area contributed by atoms with E-state index < -0.39 is 4.92 Å². The summed E-state index contributed by atoms with van der Waals surface area (Å²) in [6.45, 7) is 7.63. The Morgan fingerprint density at radius 2 is 2.22 bits per heavy atom. The summed E-state index contributed by atoms with van der Waals surface area (Å²) in [4.78, 5) is 14.5. The molecule has 6 heteroatoms. The van der Waals surface area contributed by atoms with Crippen molar-refractivity contribution in [1.82, 2.24) is 4.98 Å². The maximum Gasteiger partial charge on any atom is 0.311 e. The van der Waals surface area contributed by atoms with Gasteiger partial charge in [-0.05, 0) is 18.9 Å². The molecule has 1 N–H and O–H groups in total. The van der Waals surface area contributed by atoms with Crippen LogP contribution in [0, 0.1) is 23.0 Å². The lowest BCUT2D eigenvalue weighted by Crippen LogP contribution is -2.14. The van der Waals surface area contributed by atoms with Gasteiger partial charge >= 0.3 is 5.69 Å². The lowest BCUT2D eigenvalue weighted by Gasteiger charge is -2.09. The predicted octanol–water partition coefficient (Wildman–Crippen LogP) is 2.38. The Balaban J connectivity index is 2.50. The van der Waals surface area contributed by atoms with Gasteiger partial charge < -0.3 is 10.1 Å². The molecule has 1 rings (SSSR count). The van der Waals surface area contributed by atoms with Crippen molar-refractivity contribution >= 4 is 11.5 Å². The summed E-state index contributed by atoms with van der Waals surface area (Å²) in [5, 5.41) is 13.7. The van der Waals surface area contributed by atoms with E-state index in [2.05, 4.69) is 24.1 Å². The van der Waals surface area contributed by atoms with Gasteiger partial charge in [-0.25, -0.2) is 4.98 Å². The molecule has 0 bridgehead atoms. The number of hydrogen-bond acceptors (Lipinski definition) is 5. The second-order valence-corrected chi connectivity index (χ2v) is 4.47. The molecule has 0 saturated heterocycles. The molecule has 0 unspecified atom stereocenters. The first-order valence-corrected chi connectivity index (χ1v) is 5.94. The van der Waals surface area contributed by atoms with E-state index in [9.17, 15) is 10.1 Å². The second-order valence-electron chi connectivity index (χ2n) is 4.47. The molecule has 0 spiro atoms. The quantitative estimate of drug-likeness (QED) is 0.458. The van der Waals surface area contributed by atoms with Gasteiger partial charge in [-0.15, -0.1) is 0 Å². The SMILES string of the molecule is Cc1ccc([N+](=O)[O-])c(NCCOCC(C)C)n1. The first kappa shape index (κ1) is 14.4. The third-order valence-corrected chi connectivity index (χ3v) is 2.20. The van der Waals surface area contributed by atoms with Crippen molar-refractivity contribution in [3.63, 3.8) is 0 Å². The van der Waals surface area contributed by atoms with Crippen molar-refractivity contribution < 1.29 is 9.66 Å². The van der Waals surface area contributed by atoms with Crippen LogP contribution in [0.1, 0.15) is 19.5 Å². The summed E-state index contributed by atoms with van der Waals surface area (Å²) < 4.78 is 5.39. The van der Waals surface area contributed by atoms with Crippen molar-refractivity contribution in [3.8, 4) is 0 Å². The second kappa shape index (κ2) is 6.90. The number of aromatic nitrogens is 1. The normalized spacial score (nSPS) is 10.7. The van der Waals surface area contributed by atoms with Crippen LogP contribution in [0.4, 0.5) is 11.5 Å². The molecular formula is C12H19N3O3. The minimum absolute atomic E-state index is 0.00976. The Kier molecular flexibility index (Phi) is 5.51. The molecule has 18 heavy (non-hydrogen) atoms. The van der Waals surface area contributed by atoms with Crippen molar-refractivity contribution in [2.24, 2.45) is 5.92 Å². The maximum absolute atomic E-state index is 10.8. The van der Waals surface area contributed by atoms with Gasteiger partial charge in [0.2, 0.25) is 5.82 Å². The van der Waals surface area contributed by atoms with Gasteiger partial charge in [-0.3, -0.25) is 10.1 Å². The van der Waals surface area contributed by atoms with Gasteiger partial charge in [0.05, 0.1) is 11.5 Å². The average Bonchev–Trinajstić information content (AvgIpc) is 2.27. The monoisotopic (exact) mass is 253 g/mol. The highest BCUT2D eigenvalue weighted by Gasteiger charge is 2.14. The number of nitrogens with one attached hydrogen (secondary N) is 1. The van der Waals surface area contributed by atoms with E-state index in [0.717, 1.165) is 5.69 Å². The van der Waals surface area contributed by atoms with Gasteiger partial charge in [0.25, 0.3) is 0 Å². The van der Waals surface area contributed by atoms with Crippen molar-refractivity contribution in [2.75, 3.05) is 25.1 Å². The maximum atomic E-state index is 10.8. The van der Waals surface area contributed by atoms with Crippen LogP contribution in [0.3, 0.4) is 0 Å². The standard InChI is InChI=1S/C12H19N3O3/c1-9(2)8-18-7-6-13-12-11(15(16)17)5-4-10(3)14-12/h4-5,9H,6-8H2,1-3H3,(H,13,14). The number of aryl methyl sites for hydroxylation is 1. The van der Waals surface area contributed by atoms with E-state index in [1.54, 1.807) is 13.0 Å². The molecular weight excluding hydrogens is 234 g/mol. The fourth-order valence-corrected chi connectivity index (χ4v) is 1.39. The molecule has 0 fully saturated rings. The number of hydrogen-bond donors (Lipinski definition) is 1. The fraction of sp³-hybridized carbons (Fsp3) is 0.583. The van der Waals surface area contributed by atoms with Crippen molar-refractivity contribution in [1.29, 1.82) is 0 Å². The molecule has 0 amide bonds. The molecule has 0 aliphatic rings. The van der Waals surface area contributed by atoms with Crippen LogP contribution in [0.5, 0.6) is 0 Å². The summed E-state index contributed by atoms with van der Waals surface area (Å²) >= 11 is 0. The molecule has 0 aromatic carbocycles. The molecule has 0 saturated carbocycles. The third-order valence-electron chi connectivity index (χ3n) is 2.20. The van der Waals surface area contributed by atoms with Gasteiger partial charge in [0.1, 0.15) is 0 Å². The van der Waals surface area contributed by atoms with E-state index in [1.165, 1.54) is 6.07 Å². The predicted molar refractivity (Wildman–Crippen MR) is 69.8 cm³/mol. The number of rotatable bonds is 7. The molecule has 0 aliphatic heterocycles. The van der Waals surface area contributed by atoms with E-state index in [0.29, 0.717) is 31.5 Å². The molecule has 6 nitrogen and oxygen atoms in total. The van der Waals surface area contributed by atoms with Gasteiger partial charge in [0, 0.05) is 24.9 Å². The van der Waals surface area contributed by atoms with Crippen LogP contribution in [0.2, 0.25) is 0 Å². The van der Waals surface area contributed by atoms with E-state index in [4.69, 9.17) is 4.74 Å². The zero-order valence-corrected chi connectivity index (χ0v) is 11.0. The van der Waals surface area contributed by atoms with Gasteiger partial charge in [0.15, 0.2) is 0 Å². The number of pyridine rings is 1. The first-order chi connectivity index (χ1) is 8.50. The summed E-state index contributed by atoms with van der Waals surface area (Å²) in [5.41, 5.74) is 0.732. The molecule has 0 aliphatic carbocycles. The number of nitro groups is 1. The van der Waals surface area contributed by atoms with Crippen LogP contribution < -0.4 is 5.32 Å². The minimum Gasteiger partial charge on any atom is -0.379 e. The first-order valence-electron chi connectivity index (χ1n) is 5.94. The largest absolute Gasteiger partial charge is 0.379 e. The minimum atomic E-state index is -0.441. The molecule has 1 heterocycles. The van der Waals surface area contributed by atoms with Crippen LogP contribution in [-0.4, -0.2) is 29.7 Å². The Bertz CT molecular complexity index is 408. The van der Waals surface area contributed by atoms with Crippen molar-refractivity contribution in [2.45, 2.75) is 20.8 Å². The highest BCUT2D eigenvalue weighted by Crippen LogP contribution is 2.21. The Morgan fingerprint density at radius 3 is 2.83 bits per heavy atom. The summed E-state index contributed by atoms with van der Waals surface area (Å²) in [6.07, 6.45) is 0. The zero-order valence-electron chi connectivity index (χ0n) is 11.0. The summed E-state index contributed by atoms with van der Waals surface area (Å²) in [5.74, 6) is 0.782. The Morgan fingerprint density at radius 1 is 1.50 bits per heavy atom. The molecule has 1 aromatic rings. The van der Waals surface area contributed by atoms with E-state index in [-0.39, 0.29) is 5.69 Å². The van der Waals surface area contributed by atoms with Crippen molar-refractivity contribution in [3.05, 3.63) is 27.9 Å². The average molecular weight is 253 g/mol. The topological polar surface area (TPSA) is 77.3 Å². The summed E-state index contributed by atoms with van der Waals surface area (Å²) in [7, 11) is 0. The van der Waals surface area contributed by atoms with Gasteiger partial charge in [-0.1, -0.05) is 13.8 Å². The lowest BCUT2D eigenvalue weighted by molar-refractivity contribution is -0.384. The summed E-state index contributed by atoms with van der Waals surface area (Å²) in [6, 6.07) is 3.08. The third kappa shape index (κ3) is 4.67. The Hall–Kier alpha value is -1.69. The lowest BCUT2D eigenvalue weighted by atomic mass is 10.2.